The van der Waals surface area contributed by atoms with E-state index < -0.39 is 10.0 Å². The van der Waals surface area contributed by atoms with Gasteiger partial charge in [-0.3, -0.25) is 9.59 Å². The first-order valence-electron chi connectivity index (χ1n) is 11.2. The Hall–Kier alpha value is -1.87. The van der Waals surface area contributed by atoms with Crippen LogP contribution in [0.5, 0.6) is 0 Å². The van der Waals surface area contributed by atoms with Crippen LogP contribution in [0.2, 0.25) is 0 Å². The summed E-state index contributed by atoms with van der Waals surface area (Å²) < 4.78 is 27.8. The van der Waals surface area contributed by atoms with E-state index in [-0.39, 0.29) is 29.2 Å². The number of rotatable bonds is 4. The number of likely N-dealkylation sites (tertiary alicyclic amines) is 2. The predicted octanol–water partition coefficient (Wildman–Crippen LogP) is 2.05. The molecule has 0 radical (unpaired) electrons. The van der Waals surface area contributed by atoms with Crippen LogP contribution in [0.4, 0.5) is 0 Å². The second-order valence-electron chi connectivity index (χ2n) is 8.69. The summed E-state index contributed by atoms with van der Waals surface area (Å²) in [6.45, 7) is 3.62. The van der Waals surface area contributed by atoms with Crippen LogP contribution in [0.25, 0.3) is 0 Å². The molecule has 1 aromatic heterocycles. The number of sulfonamides is 1. The average molecular weight is 437 g/mol. The van der Waals surface area contributed by atoms with E-state index in [2.05, 4.69) is 4.98 Å². The second-order valence-corrected chi connectivity index (χ2v) is 10.6. The topological polar surface area (TPSA) is 93.8 Å². The first kappa shape index (κ1) is 21.4. The molecule has 0 saturated carbocycles. The maximum atomic E-state index is 13.2. The van der Waals surface area contributed by atoms with Crippen LogP contribution in [-0.4, -0.2) is 78.6 Å². The molecule has 2 amide bonds. The van der Waals surface area contributed by atoms with Crippen molar-refractivity contribution in [3.05, 3.63) is 18.0 Å². The van der Waals surface area contributed by atoms with Crippen LogP contribution in [0, 0.1) is 5.92 Å². The normalized spacial score (nSPS) is 24.1. The third-order valence-corrected chi connectivity index (χ3v) is 8.41. The fraction of sp³-hybridized carbons (Fsp3) is 0.714. The van der Waals surface area contributed by atoms with Crippen molar-refractivity contribution in [2.45, 2.75) is 56.3 Å². The van der Waals surface area contributed by atoms with Crippen molar-refractivity contribution in [1.82, 2.24) is 19.1 Å². The SMILES string of the molecule is O=C(c1cc(S(=O)(=O)N2CCCC(C(=O)N3CCCC3)C2)c[nH]1)N1CCCCCC1. The van der Waals surface area contributed by atoms with Gasteiger partial charge in [0.1, 0.15) is 10.6 Å². The fourth-order valence-electron chi connectivity index (χ4n) is 4.80. The van der Waals surface area contributed by atoms with E-state index in [0.29, 0.717) is 31.7 Å². The third kappa shape index (κ3) is 4.42. The molecule has 4 rings (SSSR count). The minimum absolute atomic E-state index is 0.0819. The quantitative estimate of drug-likeness (QED) is 0.782. The molecule has 3 aliphatic rings. The summed E-state index contributed by atoms with van der Waals surface area (Å²) >= 11 is 0. The Balaban J connectivity index is 1.45. The lowest BCUT2D eigenvalue weighted by Crippen LogP contribution is -2.46. The van der Waals surface area contributed by atoms with Crippen LogP contribution < -0.4 is 0 Å². The maximum absolute atomic E-state index is 13.2. The number of carbonyl (C=O) groups is 2. The first-order chi connectivity index (χ1) is 14.5. The number of piperidine rings is 1. The molecule has 166 valence electrons. The van der Waals surface area contributed by atoms with Gasteiger partial charge in [-0.25, -0.2) is 8.42 Å². The molecule has 3 aliphatic heterocycles. The van der Waals surface area contributed by atoms with Crippen LogP contribution in [0.3, 0.4) is 0 Å². The molecule has 0 spiro atoms. The first-order valence-corrected chi connectivity index (χ1v) is 12.7. The summed E-state index contributed by atoms with van der Waals surface area (Å²) in [5, 5.41) is 0. The van der Waals surface area contributed by atoms with Crippen LogP contribution in [0.1, 0.15) is 61.9 Å². The van der Waals surface area contributed by atoms with Gasteiger partial charge in [0.25, 0.3) is 5.91 Å². The molecule has 9 heteroatoms. The Morgan fingerprint density at radius 3 is 2.20 bits per heavy atom. The molecule has 4 heterocycles. The minimum Gasteiger partial charge on any atom is -0.356 e. The van der Waals surface area contributed by atoms with Gasteiger partial charge < -0.3 is 14.8 Å². The number of nitrogens with one attached hydrogen (secondary N) is 1. The minimum atomic E-state index is -3.74. The largest absolute Gasteiger partial charge is 0.356 e. The third-order valence-electron chi connectivity index (χ3n) is 6.57. The molecular formula is C21H32N4O4S. The molecule has 1 atom stereocenters. The smallest absolute Gasteiger partial charge is 0.270 e. The molecular weight excluding hydrogens is 404 g/mol. The highest BCUT2D eigenvalue weighted by atomic mass is 32.2. The predicted molar refractivity (Wildman–Crippen MR) is 112 cm³/mol. The van der Waals surface area contributed by atoms with Crippen molar-refractivity contribution in [3.63, 3.8) is 0 Å². The Morgan fingerprint density at radius 1 is 0.867 bits per heavy atom. The summed E-state index contributed by atoms with van der Waals surface area (Å²) in [7, 11) is -3.74. The zero-order valence-electron chi connectivity index (χ0n) is 17.5. The molecule has 1 aromatic rings. The average Bonchev–Trinajstić information content (AvgIpc) is 3.41. The Kier molecular flexibility index (Phi) is 6.48. The Bertz CT molecular complexity index is 867. The molecule has 3 saturated heterocycles. The lowest BCUT2D eigenvalue weighted by atomic mass is 9.98. The van der Waals surface area contributed by atoms with E-state index in [4.69, 9.17) is 0 Å². The van der Waals surface area contributed by atoms with E-state index in [0.717, 1.165) is 58.0 Å². The number of carbonyl (C=O) groups excluding carboxylic acids is 2. The molecule has 1 unspecified atom stereocenters. The van der Waals surface area contributed by atoms with Gasteiger partial charge in [0.2, 0.25) is 15.9 Å². The zero-order valence-corrected chi connectivity index (χ0v) is 18.3. The summed E-state index contributed by atoms with van der Waals surface area (Å²) in [5.74, 6) is -0.332. The standard InChI is InChI=1S/C21H32N4O4S/c26-20(23-11-5-6-12-23)17-8-7-13-25(16-17)30(28,29)18-14-19(22-15-18)21(27)24-9-3-1-2-4-10-24/h14-15,17,22H,1-13,16H2. The summed E-state index contributed by atoms with van der Waals surface area (Å²) in [6, 6.07) is 1.45. The van der Waals surface area contributed by atoms with E-state index in [1.807, 2.05) is 4.90 Å². The van der Waals surface area contributed by atoms with Crippen LogP contribution in [-0.2, 0) is 14.8 Å². The number of amides is 2. The Morgan fingerprint density at radius 2 is 1.50 bits per heavy atom. The fourth-order valence-corrected chi connectivity index (χ4v) is 6.32. The van der Waals surface area contributed by atoms with Crippen molar-refractivity contribution in [1.29, 1.82) is 0 Å². The van der Waals surface area contributed by atoms with Crippen LogP contribution in [0.15, 0.2) is 17.2 Å². The number of hydrogen-bond acceptors (Lipinski definition) is 4. The number of nitrogens with zero attached hydrogens (tertiary/aromatic N) is 3. The second kappa shape index (κ2) is 9.09. The van der Waals surface area contributed by atoms with E-state index >= 15 is 0 Å². The van der Waals surface area contributed by atoms with Crippen molar-refractivity contribution in [3.8, 4) is 0 Å². The van der Waals surface area contributed by atoms with Gasteiger partial charge in [0.05, 0.1) is 5.92 Å². The van der Waals surface area contributed by atoms with Crippen LogP contribution >= 0.6 is 0 Å². The van der Waals surface area contributed by atoms with Gasteiger partial charge in [-0.1, -0.05) is 12.8 Å². The zero-order chi connectivity index (χ0) is 21.1. The highest BCUT2D eigenvalue weighted by Gasteiger charge is 2.36. The van der Waals surface area contributed by atoms with Gasteiger partial charge in [-0.15, -0.1) is 0 Å². The van der Waals surface area contributed by atoms with Gasteiger partial charge in [0.15, 0.2) is 0 Å². The molecule has 0 aromatic carbocycles. The van der Waals surface area contributed by atoms with Gasteiger partial charge in [-0.05, 0) is 44.6 Å². The van der Waals surface area contributed by atoms with E-state index in [1.165, 1.54) is 16.6 Å². The van der Waals surface area contributed by atoms with Gasteiger partial charge in [0, 0.05) is 45.5 Å². The Labute approximate surface area is 178 Å². The van der Waals surface area contributed by atoms with Crippen molar-refractivity contribution < 1.29 is 18.0 Å². The summed E-state index contributed by atoms with van der Waals surface area (Å²) in [6.07, 6.45) is 9.08. The summed E-state index contributed by atoms with van der Waals surface area (Å²) in [4.78, 5) is 32.2. The van der Waals surface area contributed by atoms with E-state index in [1.54, 1.807) is 4.90 Å². The molecule has 1 N–H and O–H groups in total. The molecule has 30 heavy (non-hydrogen) atoms. The lowest BCUT2D eigenvalue weighted by molar-refractivity contribution is -0.135. The highest BCUT2D eigenvalue weighted by molar-refractivity contribution is 7.89. The van der Waals surface area contributed by atoms with Gasteiger partial charge >= 0.3 is 0 Å². The molecule has 8 nitrogen and oxygen atoms in total. The number of hydrogen-bond donors (Lipinski definition) is 1. The number of aromatic amines is 1. The van der Waals surface area contributed by atoms with Crippen molar-refractivity contribution in [2.75, 3.05) is 39.3 Å². The number of aromatic nitrogens is 1. The summed E-state index contributed by atoms with van der Waals surface area (Å²) in [5.41, 5.74) is 0.317. The maximum Gasteiger partial charge on any atom is 0.270 e. The van der Waals surface area contributed by atoms with Crippen molar-refractivity contribution in [2.24, 2.45) is 5.92 Å². The molecule has 3 fully saturated rings. The molecule has 0 aliphatic carbocycles. The van der Waals surface area contributed by atoms with Crippen molar-refractivity contribution >= 4 is 21.8 Å². The monoisotopic (exact) mass is 436 g/mol. The van der Waals surface area contributed by atoms with Gasteiger partial charge in [-0.2, -0.15) is 4.31 Å². The van der Waals surface area contributed by atoms with E-state index in [9.17, 15) is 18.0 Å². The molecule has 0 bridgehead atoms. The number of H-pyrrole nitrogens is 1. The highest BCUT2D eigenvalue weighted by Crippen LogP contribution is 2.27. The lowest BCUT2D eigenvalue weighted by Gasteiger charge is -2.33.